The van der Waals surface area contributed by atoms with Crippen molar-refractivity contribution in [3.63, 3.8) is 0 Å². The number of ketones is 1. The maximum Gasteiger partial charge on any atom is 0.169 e. The number of hydrogen-bond acceptors (Lipinski definition) is 4. The Morgan fingerprint density at radius 2 is 2.05 bits per heavy atom. The minimum atomic E-state index is -0.456. The van der Waals surface area contributed by atoms with Crippen LogP contribution in [0.4, 0.5) is 0 Å². The van der Waals surface area contributed by atoms with Gasteiger partial charge in [-0.1, -0.05) is 26.0 Å². The Balaban J connectivity index is 2.00. The fraction of sp³-hybridized carbons (Fsp3) is 0.588. The molecule has 1 aliphatic carbocycles. The average molecular weight is 292 g/mol. The molecule has 2 unspecified atom stereocenters. The lowest BCUT2D eigenvalue weighted by Crippen LogP contribution is -2.52. The van der Waals surface area contributed by atoms with E-state index in [9.17, 15) is 4.79 Å². The van der Waals surface area contributed by atoms with E-state index in [0.717, 1.165) is 11.3 Å². The zero-order valence-corrected chi connectivity index (χ0v) is 13.2. The fourth-order valence-electron chi connectivity index (χ4n) is 2.30. The number of hydrogen-bond donors (Lipinski definition) is 0. The molecule has 0 spiro atoms. The van der Waals surface area contributed by atoms with Crippen molar-refractivity contribution in [1.82, 2.24) is 0 Å². The third-order valence-electron chi connectivity index (χ3n) is 3.80. The maximum absolute atomic E-state index is 11.6. The second-order valence-electron chi connectivity index (χ2n) is 5.79. The van der Waals surface area contributed by atoms with Crippen LogP contribution in [0.2, 0.25) is 0 Å². The first-order chi connectivity index (χ1) is 10.0. The summed E-state index contributed by atoms with van der Waals surface area (Å²) in [5, 5.41) is 0. The Kier molecular flexibility index (Phi) is 5.37. The molecule has 0 saturated heterocycles. The van der Waals surface area contributed by atoms with E-state index in [4.69, 9.17) is 14.2 Å². The van der Waals surface area contributed by atoms with Crippen molar-refractivity contribution in [2.75, 3.05) is 20.3 Å². The third kappa shape index (κ3) is 3.83. The molecular weight excluding hydrogens is 268 g/mol. The van der Waals surface area contributed by atoms with Gasteiger partial charge in [0, 0.05) is 13.5 Å². The van der Waals surface area contributed by atoms with Crippen LogP contribution in [0.15, 0.2) is 18.2 Å². The first-order valence-corrected chi connectivity index (χ1v) is 7.43. The van der Waals surface area contributed by atoms with E-state index in [-0.39, 0.29) is 11.9 Å². The second-order valence-corrected chi connectivity index (χ2v) is 5.79. The van der Waals surface area contributed by atoms with Crippen LogP contribution < -0.4 is 4.74 Å². The number of methoxy groups -OCH3 is 1. The summed E-state index contributed by atoms with van der Waals surface area (Å²) >= 11 is 0. The molecule has 0 bridgehead atoms. The number of benzene rings is 1. The van der Waals surface area contributed by atoms with Crippen LogP contribution in [0.5, 0.6) is 5.75 Å². The molecular formula is C17H24O4. The number of ether oxygens (including phenoxy) is 3. The molecule has 0 amide bonds. The Morgan fingerprint density at radius 1 is 1.29 bits per heavy atom. The standard InChI is InChI=1S/C17H24O4/c1-11(2)13-6-5-12(3)15(9-13)21-16-10-14(18)17(16)20-8-7-19-4/h5-6,9,11,16-17H,7-8,10H2,1-4H3. The van der Waals surface area contributed by atoms with E-state index in [1.54, 1.807) is 7.11 Å². The molecule has 0 heterocycles. The van der Waals surface area contributed by atoms with Gasteiger partial charge in [-0.3, -0.25) is 4.79 Å². The molecule has 2 atom stereocenters. The number of rotatable bonds is 7. The largest absolute Gasteiger partial charge is 0.486 e. The minimum Gasteiger partial charge on any atom is -0.486 e. The highest BCUT2D eigenvalue weighted by atomic mass is 16.6. The molecule has 21 heavy (non-hydrogen) atoms. The quantitative estimate of drug-likeness (QED) is 0.725. The van der Waals surface area contributed by atoms with Crippen molar-refractivity contribution in [1.29, 1.82) is 0 Å². The zero-order valence-electron chi connectivity index (χ0n) is 13.2. The van der Waals surface area contributed by atoms with Gasteiger partial charge in [0.25, 0.3) is 0 Å². The Morgan fingerprint density at radius 3 is 2.67 bits per heavy atom. The average Bonchev–Trinajstić information content (AvgIpc) is 2.44. The summed E-state index contributed by atoms with van der Waals surface area (Å²) in [5.74, 6) is 1.40. The predicted molar refractivity (Wildman–Crippen MR) is 80.9 cm³/mol. The van der Waals surface area contributed by atoms with Crippen LogP contribution >= 0.6 is 0 Å². The molecule has 1 fully saturated rings. The van der Waals surface area contributed by atoms with Gasteiger partial charge in [-0.05, 0) is 30.0 Å². The van der Waals surface area contributed by atoms with Gasteiger partial charge in [0.2, 0.25) is 0 Å². The van der Waals surface area contributed by atoms with Gasteiger partial charge in [0.05, 0.1) is 13.2 Å². The monoisotopic (exact) mass is 292 g/mol. The summed E-state index contributed by atoms with van der Waals surface area (Å²) in [5.41, 5.74) is 2.31. The molecule has 1 aliphatic rings. The first-order valence-electron chi connectivity index (χ1n) is 7.43. The van der Waals surface area contributed by atoms with E-state index in [2.05, 4.69) is 32.0 Å². The molecule has 116 valence electrons. The number of carbonyl (C=O) groups excluding carboxylic acids is 1. The molecule has 2 rings (SSSR count). The number of Topliss-reactive ketones (excluding diaryl/α,β-unsaturated/α-hetero) is 1. The number of carbonyl (C=O) groups is 1. The molecule has 0 aromatic heterocycles. The second kappa shape index (κ2) is 7.05. The highest BCUT2D eigenvalue weighted by Crippen LogP contribution is 2.30. The lowest BCUT2D eigenvalue weighted by molar-refractivity contribution is -0.156. The highest BCUT2D eigenvalue weighted by molar-refractivity contribution is 5.90. The van der Waals surface area contributed by atoms with E-state index >= 15 is 0 Å². The summed E-state index contributed by atoms with van der Waals surface area (Å²) in [6.07, 6.45) is -0.221. The van der Waals surface area contributed by atoms with Crippen molar-refractivity contribution in [3.8, 4) is 5.75 Å². The van der Waals surface area contributed by atoms with E-state index in [1.807, 2.05) is 6.92 Å². The maximum atomic E-state index is 11.6. The summed E-state index contributed by atoms with van der Waals surface area (Å²) in [6, 6.07) is 6.24. The molecule has 1 aromatic rings. The van der Waals surface area contributed by atoms with Crippen molar-refractivity contribution in [3.05, 3.63) is 29.3 Å². The van der Waals surface area contributed by atoms with Crippen LogP contribution in [0, 0.1) is 6.92 Å². The van der Waals surface area contributed by atoms with Gasteiger partial charge >= 0.3 is 0 Å². The van der Waals surface area contributed by atoms with E-state index in [1.165, 1.54) is 5.56 Å². The van der Waals surface area contributed by atoms with Crippen LogP contribution in [-0.4, -0.2) is 38.3 Å². The molecule has 1 saturated carbocycles. The van der Waals surface area contributed by atoms with E-state index in [0.29, 0.717) is 25.6 Å². The first kappa shape index (κ1) is 16.0. The molecule has 0 N–H and O–H groups in total. The zero-order chi connectivity index (χ0) is 15.4. The summed E-state index contributed by atoms with van der Waals surface area (Å²) in [4.78, 5) is 11.6. The Labute approximate surface area is 126 Å². The predicted octanol–water partition coefficient (Wildman–Crippen LogP) is 2.87. The molecule has 0 aliphatic heterocycles. The summed E-state index contributed by atoms with van der Waals surface area (Å²) < 4.78 is 16.5. The topological polar surface area (TPSA) is 44.8 Å². The van der Waals surface area contributed by atoms with E-state index < -0.39 is 6.10 Å². The van der Waals surface area contributed by atoms with Crippen LogP contribution in [0.25, 0.3) is 0 Å². The van der Waals surface area contributed by atoms with Gasteiger partial charge < -0.3 is 14.2 Å². The van der Waals surface area contributed by atoms with Crippen molar-refractivity contribution in [2.45, 2.75) is 45.3 Å². The van der Waals surface area contributed by atoms with Crippen LogP contribution in [0.3, 0.4) is 0 Å². The Hall–Kier alpha value is -1.39. The van der Waals surface area contributed by atoms with Gasteiger partial charge in [0.15, 0.2) is 11.9 Å². The van der Waals surface area contributed by atoms with Crippen LogP contribution in [0.1, 0.15) is 37.3 Å². The molecule has 0 radical (unpaired) electrons. The van der Waals surface area contributed by atoms with Crippen LogP contribution in [-0.2, 0) is 14.3 Å². The van der Waals surface area contributed by atoms with Gasteiger partial charge in [-0.25, -0.2) is 0 Å². The van der Waals surface area contributed by atoms with Gasteiger partial charge in [-0.2, -0.15) is 0 Å². The SMILES string of the molecule is COCCOC1C(=O)CC1Oc1cc(C(C)C)ccc1C. The van der Waals surface area contributed by atoms with Crippen molar-refractivity contribution in [2.24, 2.45) is 0 Å². The summed E-state index contributed by atoms with van der Waals surface area (Å²) in [7, 11) is 1.61. The number of aryl methyl sites for hydroxylation is 1. The molecule has 4 heteroatoms. The van der Waals surface area contributed by atoms with Crippen molar-refractivity contribution < 1.29 is 19.0 Å². The highest BCUT2D eigenvalue weighted by Gasteiger charge is 2.42. The van der Waals surface area contributed by atoms with Crippen molar-refractivity contribution >= 4 is 5.78 Å². The summed E-state index contributed by atoms with van der Waals surface area (Å²) in [6.45, 7) is 7.22. The fourth-order valence-corrected chi connectivity index (χ4v) is 2.30. The smallest absolute Gasteiger partial charge is 0.169 e. The minimum absolute atomic E-state index is 0.105. The lowest BCUT2D eigenvalue weighted by atomic mass is 9.89. The molecule has 1 aromatic carbocycles. The van der Waals surface area contributed by atoms with Gasteiger partial charge in [0.1, 0.15) is 11.9 Å². The third-order valence-corrected chi connectivity index (χ3v) is 3.80. The Bertz CT molecular complexity index is 496. The normalized spacial score (nSPS) is 21.5. The lowest BCUT2D eigenvalue weighted by Gasteiger charge is -2.35. The van der Waals surface area contributed by atoms with Gasteiger partial charge in [-0.15, -0.1) is 0 Å². The molecule has 4 nitrogen and oxygen atoms in total.